The quantitative estimate of drug-likeness (QED) is 0.568. The van der Waals surface area contributed by atoms with Crippen LogP contribution < -0.4 is 5.32 Å². The van der Waals surface area contributed by atoms with Crippen LogP contribution in [0.3, 0.4) is 0 Å². The van der Waals surface area contributed by atoms with Crippen LogP contribution in [-0.4, -0.2) is 72.6 Å². The molecule has 0 bridgehead atoms. The van der Waals surface area contributed by atoms with E-state index < -0.39 is 11.8 Å². The molecule has 102 valence electrons. The maximum atomic E-state index is 12.1. The van der Waals surface area contributed by atoms with Crippen LogP contribution in [0.5, 0.6) is 0 Å². The zero-order valence-corrected chi connectivity index (χ0v) is 10.6. The van der Waals surface area contributed by atoms with E-state index in [1.165, 1.54) is 0 Å². The molecular formula is C12H21N3O3. The smallest absolute Gasteiger partial charge is 0.312 e. The minimum absolute atomic E-state index is 0.0889. The lowest BCUT2D eigenvalue weighted by Gasteiger charge is -2.34. The molecule has 0 aromatic heterocycles. The number of carbonyl (C=O) groups is 2. The summed E-state index contributed by atoms with van der Waals surface area (Å²) in [5.41, 5.74) is 0. The first kappa shape index (κ1) is 13.3. The van der Waals surface area contributed by atoms with Crippen LogP contribution >= 0.6 is 0 Å². The van der Waals surface area contributed by atoms with Gasteiger partial charge in [-0.25, -0.2) is 0 Å². The van der Waals surface area contributed by atoms with Crippen molar-refractivity contribution in [2.45, 2.75) is 12.8 Å². The predicted octanol–water partition coefficient (Wildman–Crippen LogP) is -1.35. The third kappa shape index (κ3) is 3.00. The van der Waals surface area contributed by atoms with Crippen molar-refractivity contribution in [1.82, 2.24) is 15.1 Å². The van der Waals surface area contributed by atoms with Crippen LogP contribution in [0.25, 0.3) is 0 Å². The Labute approximate surface area is 107 Å². The Kier molecular flexibility index (Phi) is 4.54. The van der Waals surface area contributed by atoms with E-state index in [1.54, 1.807) is 9.80 Å². The van der Waals surface area contributed by atoms with Crippen molar-refractivity contribution < 1.29 is 14.7 Å². The summed E-state index contributed by atoms with van der Waals surface area (Å²) in [5.74, 6) is -0.677. The molecule has 2 aliphatic rings. The van der Waals surface area contributed by atoms with E-state index in [9.17, 15) is 9.59 Å². The summed E-state index contributed by atoms with van der Waals surface area (Å²) >= 11 is 0. The van der Waals surface area contributed by atoms with Crippen molar-refractivity contribution >= 4 is 11.8 Å². The fourth-order valence-corrected chi connectivity index (χ4v) is 2.54. The normalized spacial score (nSPS) is 25.1. The summed E-state index contributed by atoms with van der Waals surface area (Å²) in [4.78, 5) is 27.3. The van der Waals surface area contributed by atoms with E-state index in [1.807, 2.05) is 0 Å². The highest BCUT2D eigenvalue weighted by molar-refractivity contribution is 6.34. The maximum absolute atomic E-state index is 12.1. The average molecular weight is 255 g/mol. The number of hydrogen-bond acceptors (Lipinski definition) is 4. The summed E-state index contributed by atoms with van der Waals surface area (Å²) in [6.45, 7) is 3.92. The number of aliphatic hydroxyl groups is 1. The van der Waals surface area contributed by atoms with Gasteiger partial charge in [0.15, 0.2) is 0 Å². The van der Waals surface area contributed by atoms with Crippen LogP contribution in [0.15, 0.2) is 0 Å². The van der Waals surface area contributed by atoms with E-state index in [0.717, 1.165) is 25.9 Å². The highest BCUT2D eigenvalue weighted by Gasteiger charge is 2.30. The lowest BCUT2D eigenvalue weighted by molar-refractivity contribution is -0.153. The molecule has 0 saturated carbocycles. The van der Waals surface area contributed by atoms with Gasteiger partial charge in [0.05, 0.1) is 0 Å². The van der Waals surface area contributed by atoms with Crippen LogP contribution in [0, 0.1) is 5.92 Å². The first-order valence-electron chi connectivity index (χ1n) is 6.62. The minimum Gasteiger partial charge on any atom is -0.396 e. The highest BCUT2D eigenvalue weighted by Crippen LogP contribution is 2.16. The fraction of sp³-hybridized carbons (Fsp3) is 0.833. The summed E-state index contributed by atoms with van der Waals surface area (Å²) in [6, 6.07) is 0. The number of nitrogens with zero attached hydrogens (tertiary/aromatic N) is 2. The molecule has 2 heterocycles. The number of rotatable bonds is 1. The van der Waals surface area contributed by atoms with Gasteiger partial charge in [-0.2, -0.15) is 0 Å². The molecule has 2 amide bonds. The summed E-state index contributed by atoms with van der Waals surface area (Å²) in [5, 5.41) is 12.3. The summed E-state index contributed by atoms with van der Waals surface area (Å²) in [6.07, 6.45) is 1.80. The van der Waals surface area contributed by atoms with Crippen LogP contribution in [-0.2, 0) is 9.59 Å². The molecule has 2 fully saturated rings. The van der Waals surface area contributed by atoms with Crippen molar-refractivity contribution in [1.29, 1.82) is 0 Å². The van der Waals surface area contributed by atoms with E-state index in [4.69, 9.17) is 5.11 Å². The van der Waals surface area contributed by atoms with Gasteiger partial charge >= 0.3 is 11.8 Å². The molecule has 1 unspecified atom stereocenters. The number of piperazine rings is 1. The Morgan fingerprint density at radius 3 is 2.44 bits per heavy atom. The molecular weight excluding hydrogens is 234 g/mol. The van der Waals surface area contributed by atoms with Crippen LogP contribution in [0.1, 0.15) is 12.8 Å². The summed E-state index contributed by atoms with van der Waals surface area (Å²) in [7, 11) is 0. The lowest BCUT2D eigenvalue weighted by atomic mass is 9.99. The van der Waals surface area contributed by atoms with E-state index in [-0.39, 0.29) is 12.5 Å². The van der Waals surface area contributed by atoms with Crippen molar-refractivity contribution in [3.05, 3.63) is 0 Å². The van der Waals surface area contributed by atoms with Gasteiger partial charge < -0.3 is 20.2 Å². The second-order valence-corrected chi connectivity index (χ2v) is 4.98. The standard InChI is InChI=1S/C12H21N3O3/c16-9-10-2-1-5-15(8-10)12(18)11(17)14-6-3-13-4-7-14/h10,13,16H,1-9H2. The Bertz CT molecular complexity index is 316. The number of aliphatic hydroxyl groups excluding tert-OH is 1. The van der Waals surface area contributed by atoms with E-state index >= 15 is 0 Å². The third-order valence-corrected chi connectivity index (χ3v) is 3.65. The molecule has 6 heteroatoms. The SMILES string of the molecule is O=C(C(=O)N1CCCC(CO)C1)N1CCNCC1. The number of piperidine rings is 1. The maximum Gasteiger partial charge on any atom is 0.312 e. The molecule has 0 radical (unpaired) electrons. The molecule has 2 rings (SSSR count). The van der Waals surface area contributed by atoms with E-state index in [2.05, 4.69) is 5.32 Å². The van der Waals surface area contributed by atoms with Gasteiger partial charge in [-0.1, -0.05) is 0 Å². The van der Waals surface area contributed by atoms with Gasteiger partial charge in [-0.3, -0.25) is 9.59 Å². The third-order valence-electron chi connectivity index (χ3n) is 3.65. The zero-order valence-electron chi connectivity index (χ0n) is 10.6. The molecule has 6 nitrogen and oxygen atoms in total. The lowest BCUT2D eigenvalue weighted by Crippen LogP contribution is -2.53. The van der Waals surface area contributed by atoms with E-state index in [0.29, 0.717) is 26.2 Å². The number of hydrogen-bond donors (Lipinski definition) is 2. The largest absolute Gasteiger partial charge is 0.396 e. The number of likely N-dealkylation sites (tertiary alicyclic amines) is 1. The minimum atomic E-state index is -0.407. The van der Waals surface area contributed by atoms with Crippen molar-refractivity contribution in [2.24, 2.45) is 5.92 Å². The van der Waals surface area contributed by atoms with Crippen LogP contribution in [0.4, 0.5) is 0 Å². The predicted molar refractivity (Wildman–Crippen MR) is 65.8 cm³/mol. The Hall–Kier alpha value is -1.14. The van der Waals surface area contributed by atoms with Crippen molar-refractivity contribution in [3.8, 4) is 0 Å². The monoisotopic (exact) mass is 255 g/mol. The molecule has 0 aromatic rings. The fourth-order valence-electron chi connectivity index (χ4n) is 2.54. The Balaban J connectivity index is 1.91. The number of carbonyl (C=O) groups excluding carboxylic acids is 2. The van der Waals surface area contributed by atoms with Gasteiger partial charge in [0.1, 0.15) is 0 Å². The zero-order chi connectivity index (χ0) is 13.0. The Morgan fingerprint density at radius 1 is 1.11 bits per heavy atom. The first-order valence-corrected chi connectivity index (χ1v) is 6.62. The topological polar surface area (TPSA) is 72.9 Å². The van der Waals surface area contributed by atoms with Crippen LogP contribution in [0.2, 0.25) is 0 Å². The molecule has 0 aliphatic carbocycles. The molecule has 2 saturated heterocycles. The molecule has 2 aliphatic heterocycles. The second-order valence-electron chi connectivity index (χ2n) is 4.98. The average Bonchev–Trinajstić information content (AvgIpc) is 2.46. The van der Waals surface area contributed by atoms with Gasteiger partial charge in [-0.05, 0) is 18.8 Å². The second kappa shape index (κ2) is 6.15. The number of nitrogens with one attached hydrogen (secondary N) is 1. The van der Waals surface area contributed by atoms with Gasteiger partial charge in [0.25, 0.3) is 0 Å². The van der Waals surface area contributed by atoms with Gasteiger partial charge in [0, 0.05) is 45.9 Å². The summed E-state index contributed by atoms with van der Waals surface area (Å²) < 4.78 is 0. The van der Waals surface area contributed by atoms with Crippen molar-refractivity contribution in [3.63, 3.8) is 0 Å². The highest BCUT2D eigenvalue weighted by atomic mass is 16.3. The molecule has 2 N–H and O–H groups in total. The van der Waals surface area contributed by atoms with Crippen molar-refractivity contribution in [2.75, 3.05) is 45.9 Å². The molecule has 18 heavy (non-hydrogen) atoms. The first-order chi connectivity index (χ1) is 8.72. The van der Waals surface area contributed by atoms with Gasteiger partial charge in [-0.15, -0.1) is 0 Å². The number of amides is 2. The molecule has 0 spiro atoms. The molecule has 0 aromatic carbocycles. The van der Waals surface area contributed by atoms with Gasteiger partial charge in [0.2, 0.25) is 0 Å². The molecule has 1 atom stereocenters. The Morgan fingerprint density at radius 2 is 1.78 bits per heavy atom.